The third-order valence-corrected chi connectivity index (χ3v) is 3.06. The zero-order chi connectivity index (χ0) is 12.3. The van der Waals surface area contributed by atoms with Crippen molar-refractivity contribution in [2.24, 2.45) is 5.92 Å². The summed E-state index contributed by atoms with van der Waals surface area (Å²) in [6.45, 7) is 6.21. The highest BCUT2D eigenvalue weighted by molar-refractivity contribution is 7.80. The maximum absolute atomic E-state index is 10.5. The largest absolute Gasteiger partial charge is 0.465 e. The van der Waals surface area contributed by atoms with Gasteiger partial charge in [-0.2, -0.15) is 0 Å². The van der Waals surface area contributed by atoms with E-state index in [-0.39, 0.29) is 11.6 Å². The second kappa shape index (κ2) is 4.99. The Labute approximate surface area is 102 Å². The van der Waals surface area contributed by atoms with Crippen molar-refractivity contribution in [3.8, 4) is 0 Å². The van der Waals surface area contributed by atoms with E-state index in [1.807, 2.05) is 0 Å². The summed E-state index contributed by atoms with van der Waals surface area (Å²) in [5.74, 6) is 0.311. The fourth-order valence-corrected chi connectivity index (χ4v) is 2.52. The van der Waals surface area contributed by atoms with Crippen LogP contribution in [0.4, 0.5) is 4.79 Å². The summed E-state index contributed by atoms with van der Waals surface area (Å²) in [5.41, 5.74) is -0.0185. The number of hydrogen-bond donors (Lipinski definition) is 3. The molecule has 1 amide bonds. The molecule has 3 N–H and O–H groups in total. The number of rotatable bonds is 2. The van der Waals surface area contributed by atoms with E-state index in [1.54, 1.807) is 0 Å². The first-order chi connectivity index (χ1) is 7.28. The Morgan fingerprint density at radius 1 is 1.38 bits per heavy atom. The van der Waals surface area contributed by atoms with Gasteiger partial charge in [-0.25, -0.2) is 4.79 Å². The van der Waals surface area contributed by atoms with Gasteiger partial charge in [-0.05, 0) is 40.0 Å². The lowest BCUT2D eigenvalue weighted by atomic mass is 10.0. The molecule has 2 atom stereocenters. The topological polar surface area (TPSA) is 61.4 Å². The molecule has 0 aliphatic heterocycles. The van der Waals surface area contributed by atoms with E-state index in [1.165, 1.54) is 0 Å². The van der Waals surface area contributed by atoms with Gasteiger partial charge in [0.2, 0.25) is 0 Å². The van der Waals surface area contributed by atoms with Crippen LogP contribution in [0.1, 0.15) is 40.0 Å². The Bertz CT molecular complexity index is 286. The fraction of sp³-hybridized carbons (Fsp3) is 0.818. The molecule has 1 aliphatic carbocycles. The predicted octanol–water partition coefficient (Wildman–Crippen LogP) is 2.14. The van der Waals surface area contributed by atoms with E-state index in [9.17, 15) is 4.79 Å². The lowest BCUT2D eigenvalue weighted by molar-refractivity contribution is 0.190. The molecule has 0 radical (unpaired) electrons. The number of carboxylic acid groups (broad SMARTS) is 1. The van der Waals surface area contributed by atoms with Gasteiger partial charge >= 0.3 is 6.09 Å². The van der Waals surface area contributed by atoms with E-state index in [0.717, 1.165) is 24.3 Å². The quantitative estimate of drug-likeness (QED) is 0.651. The molecule has 0 bridgehead atoms. The van der Waals surface area contributed by atoms with Crippen molar-refractivity contribution < 1.29 is 9.90 Å². The van der Waals surface area contributed by atoms with Crippen LogP contribution >= 0.6 is 12.2 Å². The highest BCUT2D eigenvalue weighted by Crippen LogP contribution is 2.27. The molecular formula is C11H20N2O2S. The van der Waals surface area contributed by atoms with E-state index in [2.05, 4.69) is 31.4 Å². The van der Waals surface area contributed by atoms with E-state index >= 15 is 0 Å². The van der Waals surface area contributed by atoms with Gasteiger partial charge in [-0.15, -0.1) is 0 Å². The van der Waals surface area contributed by atoms with E-state index < -0.39 is 6.09 Å². The van der Waals surface area contributed by atoms with Gasteiger partial charge in [0.25, 0.3) is 0 Å². The third-order valence-electron chi connectivity index (χ3n) is 2.63. The normalized spacial score (nSPS) is 25.2. The Hall–Kier alpha value is -0.840. The summed E-state index contributed by atoms with van der Waals surface area (Å²) in [4.78, 5) is 11.4. The van der Waals surface area contributed by atoms with Gasteiger partial charge < -0.3 is 15.7 Å². The summed E-state index contributed by atoms with van der Waals surface area (Å²) in [6.07, 6.45) is 1.71. The van der Waals surface area contributed by atoms with Gasteiger partial charge in [0, 0.05) is 17.5 Å². The number of hydrogen-bond acceptors (Lipinski definition) is 2. The smallest absolute Gasteiger partial charge is 0.404 e. The minimum absolute atomic E-state index is 0.0185. The molecule has 2 unspecified atom stereocenters. The second-order valence-corrected chi connectivity index (χ2v) is 5.84. The molecule has 1 saturated carbocycles. The summed E-state index contributed by atoms with van der Waals surface area (Å²) in [6, 6.07) is 0.0576. The molecule has 4 nitrogen and oxygen atoms in total. The SMILES string of the molecule is CC(C)(C)NC(=S)C1CCC(NC(=O)O)C1. The zero-order valence-electron chi connectivity index (χ0n) is 10.0. The Kier molecular flexibility index (Phi) is 4.13. The Morgan fingerprint density at radius 2 is 2.00 bits per heavy atom. The van der Waals surface area contributed by atoms with Crippen LogP contribution in [0.2, 0.25) is 0 Å². The van der Waals surface area contributed by atoms with Gasteiger partial charge in [0.15, 0.2) is 0 Å². The number of amides is 1. The molecule has 92 valence electrons. The van der Waals surface area contributed by atoms with Crippen LogP contribution in [0.5, 0.6) is 0 Å². The fourth-order valence-electron chi connectivity index (χ4n) is 2.00. The van der Waals surface area contributed by atoms with Crippen molar-refractivity contribution in [1.82, 2.24) is 10.6 Å². The molecule has 1 aliphatic rings. The van der Waals surface area contributed by atoms with Gasteiger partial charge in [-0.3, -0.25) is 0 Å². The second-order valence-electron chi connectivity index (χ2n) is 5.40. The van der Waals surface area contributed by atoms with Crippen molar-refractivity contribution in [2.45, 2.75) is 51.6 Å². The molecule has 0 spiro atoms. The maximum Gasteiger partial charge on any atom is 0.404 e. The summed E-state index contributed by atoms with van der Waals surface area (Å²) < 4.78 is 0. The maximum atomic E-state index is 10.5. The first kappa shape index (κ1) is 13.2. The van der Waals surface area contributed by atoms with E-state index in [0.29, 0.717) is 5.92 Å². The van der Waals surface area contributed by atoms with Crippen molar-refractivity contribution in [2.75, 3.05) is 0 Å². The van der Waals surface area contributed by atoms with Crippen LogP contribution in [0.25, 0.3) is 0 Å². The first-order valence-electron chi connectivity index (χ1n) is 5.59. The van der Waals surface area contributed by atoms with E-state index in [4.69, 9.17) is 17.3 Å². The van der Waals surface area contributed by atoms with Crippen LogP contribution in [0.3, 0.4) is 0 Å². The summed E-state index contributed by atoms with van der Waals surface area (Å²) >= 11 is 5.34. The Balaban J connectivity index is 2.41. The average molecular weight is 244 g/mol. The van der Waals surface area contributed by atoms with Gasteiger partial charge in [0.05, 0.1) is 4.99 Å². The lowest BCUT2D eigenvalue weighted by Crippen LogP contribution is -2.42. The highest BCUT2D eigenvalue weighted by atomic mass is 32.1. The monoisotopic (exact) mass is 244 g/mol. The first-order valence-corrected chi connectivity index (χ1v) is 6.00. The number of nitrogens with one attached hydrogen (secondary N) is 2. The standard InChI is InChI=1S/C11H20N2O2S/c1-11(2,3)13-9(16)7-4-5-8(6-7)12-10(14)15/h7-8,12H,4-6H2,1-3H3,(H,13,16)(H,14,15). The molecular weight excluding hydrogens is 224 g/mol. The van der Waals surface area contributed by atoms with Gasteiger partial charge in [-0.1, -0.05) is 12.2 Å². The average Bonchev–Trinajstić information content (AvgIpc) is 2.48. The van der Waals surface area contributed by atoms with Crippen LogP contribution in [-0.2, 0) is 0 Å². The molecule has 0 aromatic heterocycles. The summed E-state index contributed by atoms with van der Waals surface area (Å²) in [7, 11) is 0. The molecule has 5 heteroatoms. The number of thiocarbonyl (C=S) groups is 1. The molecule has 0 saturated heterocycles. The molecule has 1 rings (SSSR count). The summed E-state index contributed by atoms with van der Waals surface area (Å²) in [5, 5.41) is 14.4. The molecule has 0 aromatic carbocycles. The van der Waals surface area contributed by atoms with Crippen LogP contribution < -0.4 is 10.6 Å². The van der Waals surface area contributed by atoms with Crippen LogP contribution in [0, 0.1) is 5.92 Å². The minimum atomic E-state index is -0.944. The van der Waals surface area contributed by atoms with Gasteiger partial charge in [0.1, 0.15) is 0 Å². The number of carbonyl (C=O) groups is 1. The molecule has 1 fully saturated rings. The lowest BCUT2D eigenvalue weighted by Gasteiger charge is -2.25. The molecule has 16 heavy (non-hydrogen) atoms. The minimum Gasteiger partial charge on any atom is -0.465 e. The van der Waals surface area contributed by atoms with Crippen molar-refractivity contribution >= 4 is 23.3 Å². The van der Waals surface area contributed by atoms with Crippen molar-refractivity contribution in [3.05, 3.63) is 0 Å². The van der Waals surface area contributed by atoms with Crippen molar-refractivity contribution in [3.63, 3.8) is 0 Å². The third kappa shape index (κ3) is 4.35. The highest BCUT2D eigenvalue weighted by Gasteiger charge is 2.29. The molecule has 0 aromatic rings. The van der Waals surface area contributed by atoms with Crippen LogP contribution in [0.15, 0.2) is 0 Å². The molecule has 0 heterocycles. The predicted molar refractivity (Wildman–Crippen MR) is 67.8 cm³/mol. The van der Waals surface area contributed by atoms with Crippen LogP contribution in [-0.4, -0.2) is 27.8 Å². The van der Waals surface area contributed by atoms with Crippen molar-refractivity contribution in [1.29, 1.82) is 0 Å². The zero-order valence-corrected chi connectivity index (χ0v) is 10.9. The Morgan fingerprint density at radius 3 is 2.50 bits per heavy atom.